The van der Waals surface area contributed by atoms with E-state index in [1.807, 2.05) is 20.8 Å². The van der Waals surface area contributed by atoms with Gasteiger partial charge in [-0.1, -0.05) is 38.1 Å². The van der Waals surface area contributed by atoms with Gasteiger partial charge in [0.25, 0.3) is 0 Å². The van der Waals surface area contributed by atoms with E-state index in [4.69, 9.17) is 4.52 Å². The van der Waals surface area contributed by atoms with Crippen LogP contribution in [0.1, 0.15) is 50.9 Å². The highest BCUT2D eigenvalue weighted by molar-refractivity contribution is 6.01. The second kappa shape index (κ2) is 8.42. The van der Waals surface area contributed by atoms with Crippen molar-refractivity contribution in [1.29, 1.82) is 0 Å². The molecule has 1 aromatic heterocycles. The molecule has 1 aromatic carbocycles. The zero-order valence-electron chi connectivity index (χ0n) is 16.8. The quantitative estimate of drug-likeness (QED) is 0.690. The van der Waals surface area contributed by atoms with Crippen LogP contribution in [0.3, 0.4) is 0 Å². The third-order valence-corrected chi connectivity index (χ3v) is 4.42. The summed E-state index contributed by atoms with van der Waals surface area (Å²) < 4.78 is 5.23. The Morgan fingerprint density at radius 3 is 2.76 bits per heavy atom. The van der Waals surface area contributed by atoms with Gasteiger partial charge >= 0.3 is 6.03 Å². The SMILES string of the molecule is CC(C)(C)c1noc(CCCC(=O)Nc2cccc(CN3C(=O)CNC3=O)c2)n1. The number of nitrogens with zero attached hydrogens (tertiary/aromatic N) is 3. The normalized spacial score (nSPS) is 14.2. The summed E-state index contributed by atoms with van der Waals surface area (Å²) in [6, 6.07) is 6.69. The number of benzene rings is 1. The highest BCUT2D eigenvalue weighted by atomic mass is 16.5. The summed E-state index contributed by atoms with van der Waals surface area (Å²) in [5.74, 6) is 0.782. The lowest BCUT2D eigenvalue weighted by Gasteiger charge is -2.13. The summed E-state index contributed by atoms with van der Waals surface area (Å²) in [6.45, 7) is 6.22. The molecule has 0 saturated carbocycles. The van der Waals surface area contributed by atoms with Gasteiger partial charge in [0, 0.05) is 23.9 Å². The van der Waals surface area contributed by atoms with E-state index in [0.29, 0.717) is 36.7 Å². The highest BCUT2D eigenvalue weighted by Crippen LogP contribution is 2.19. The molecule has 9 heteroatoms. The van der Waals surface area contributed by atoms with Crippen molar-refractivity contribution < 1.29 is 18.9 Å². The van der Waals surface area contributed by atoms with Crippen molar-refractivity contribution in [3.8, 4) is 0 Å². The van der Waals surface area contributed by atoms with Gasteiger partial charge in [-0.15, -0.1) is 0 Å². The fraction of sp³-hybridized carbons (Fsp3) is 0.450. The molecule has 9 nitrogen and oxygen atoms in total. The molecule has 0 bridgehead atoms. The molecule has 0 radical (unpaired) electrons. The second-order valence-electron chi connectivity index (χ2n) is 8.00. The Morgan fingerprint density at radius 1 is 1.31 bits per heavy atom. The molecule has 1 aliphatic rings. The predicted molar refractivity (Wildman–Crippen MR) is 105 cm³/mol. The summed E-state index contributed by atoms with van der Waals surface area (Å²) in [5, 5.41) is 9.29. The first-order valence-electron chi connectivity index (χ1n) is 9.52. The summed E-state index contributed by atoms with van der Waals surface area (Å²) >= 11 is 0. The molecule has 0 aliphatic carbocycles. The van der Waals surface area contributed by atoms with Crippen LogP contribution in [0.25, 0.3) is 0 Å². The standard InChI is InChI=1S/C20H25N5O4/c1-20(2,3)18-23-16(29-24-18)9-5-8-15(26)22-14-7-4-6-13(10-14)12-25-17(27)11-21-19(25)28/h4,6-7,10H,5,8-9,11-12H2,1-3H3,(H,21,28)(H,22,26). The van der Waals surface area contributed by atoms with Crippen molar-refractivity contribution in [1.82, 2.24) is 20.4 Å². The van der Waals surface area contributed by atoms with Gasteiger partial charge in [0.05, 0.1) is 13.1 Å². The van der Waals surface area contributed by atoms with Crippen LogP contribution in [-0.4, -0.2) is 39.4 Å². The van der Waals surface area contributed by atoms with Crippen LogP contribution in [0.5, 0.6) is 0 Å². The van der Waals surface area contributed by atoms with Crippen LogP contribution < -0.4 is 10.6 Å². The van der Waals surface area contributed by atoms with E-state index in [2.05, 4.69) is 20.8 Å². The molecular weight excluding hydrogens is 374 g/mol. The lowest BCUT2D eigenvalue weighted by atomic mass is 9.96. The molecule has 2 aromatic rings. The Kier molecular flexibility index (Phi) is 5.95. The number of aromatic nitrogens is 2. The molecule has 2 N–H and O–H groups in total. The molecular formula is C20H25N5O4. The van der Waals surface area contributed by atoms with Gasteiger partial charge in [-0.2, -0.15) is 4.98 Å². The smallest absolute Gasteiger partial charge is 0.324 e. The Morgan fingerprint density at radius 2 is 2.10 bits per heavy atom. The van der Waals surface area contributed by atoms with E-state index in [1.165, 1.54) is 0 Å². The zero-order chi connectivity index (χ0) is 21.0. The van der Waals surface area contributed by atoms with Gasteiger partial charge in [0.15, 0.2) is 5.82 Å². The molecule has 29 heavy (non-hydrogen) atoms. The molecule has 1 saturated heterocycles. The largest absolute Gasteiger partial charge is 0.339 e. The monoisotopic (exact) mass is 399 g/mol. The lowest BCUT2D eigenvalue weighted by Crippen LogP contribution is -2.30. The fourth-order valence-electron chi connectivity index (χ4n) is 2.83. The van der Waals surface area contributed by atoms with Crippen molar-refractivity contribution in [2.45, 2.75) is 52.0 Å². The number of rotatable bonds is 7. The van der Waals surface area contributed by atoms with E-state index < -0.39 is 6.03 Å². The fourth-order valence-corrected chi connectivity index (χ4v) is 2.83. The molecule has 3 rings (SSSR count). The van der Waals surface area contributed by atoms with Gasteiger partial charge in [-0.25, -0.2) is 4.79 Å². The van der Waals surface area contributed by atoms with Crippen LogP contribution in [0.15, 0.2) is 28.8 Å². The van der Waals surface area contributed by atoms with Gasteiger partial charge in [-0.05, 0) is 24.1 Å². The maximum atomic E-state index is 12.2. The molecule has 2 heterocycles. The number of aryl methyl sites for hydroxylation is 1. The molecule has 0 atom stereocenters. The Hall–Kier alpha value is -3.23. The minimum Gasteiger partial charge on any atom is -0.339 e. The molecule has 4 amide bonds. The van der Waals surface area contributed by atoms with E-state index in [1.54, 1.807) is 24.3 Å². The number of nitrogens with one attached hydrogen (secondary N) is 2. The van der Waals surface area contributed by atoms with E-state index in [-0.39, 0.29) is 30.3 Å². The maximum absolute atomic E-state index is 12.2. The summed E-state index contributed by atoms with van der Waals surface area (Å²) in [4.78, 5) is 41.1. The number of amides is 4. The Labute approximate surface area is 168 Å². The molecule has 1 aliphatic heterocycles. The molecule has 0 spiro atoms. The average molecular weight is 399 g/mol. The van der Waals surface area contributed by atoms with Crippen molar-refractivity contribution >= 4 is 23.5 Å². The number of anilines is 1. The van der Waals surface area contributed by atoms with Gasteiger partial charge in [-0.3, -0.25) is 14.5 Å². The van der Waals surface area contributed by atoms with Crippen LogP contribution in [0.2, 0.25) is 0 Å². The Bertz CT molecular complexity index is 900. The second-order valence-corrected chi connectivity index (χ2v) is 8.00. The first-order valence-corrected chi connectivity index (χ1v) is 9.52. The van der Waals surface area contributed by atoms with Crippen molar-refractivity contribution in [2.24, 2.45) is 0 Å². The van der Waals surface area contributed by atoms with Crippen LogP contribution in [0, 0.1) is 0 Å². The first kappa shape index (κ1) is 20.5. The molecule has 1 fully saturated rings. The van der Waals surface area contributed by atoms with Crippen LogP contribution >= 0.6 is 0 Å². The van der Waals surface area contributed by atoms with Crippen LogP contribution in [-0.2, 0) is 28.0 Å². The lowest BCUT2D eigenvalue weighted by molar-refractivity contribution is -0.125. The predicted octanol–water partition coefficient (Wildman–Crippen LogP) is 2.38. The van der Waals surface area contributed by atoms with Crippen molar-refractivity contribution in [3.05, 3.63) is 41.5 Å². The summed E-state index contributed by atoms with van der Waals surface area (Å²) in [6.07, 6.45) is 1.42. The number of carbonyl (C=O) groups excluding carboxylic acids is 3. The molecule has 154 valence electrons. The van der Waals surface area contributed by atoms with E-state index >= 15 is 0 Å². The van der Waals surface area contributed by atoms with E-state index in [0.717, 1.165) is 10.5 Å². The van der Waals surface area contributed by atoms with Crippen LogP contribution in [0.4, 0.5) is 10.5 Å². The summed E-state index contributed by atoms with van der Waals surface area (Å²) in [7, 11) is 0. The maximum Gasteiger partial charge on any atom is 0.324 e. The first-order chi connectivity index (χ1) is 13.7. The molecule has 0 unspecified atom stereocenters. The average Bonchev–Trinajstić information content (AvgIpc) is 3.24. The number of hydrogen-bond donors (Lipinski definition) is 2. The number of imide groups is 1. The number of hydrogen-bond acceptors (Lipinski definition) is 6. The van der Waals surface area contributed by atoms with Crippen molar-refractivity contribution in [3.63, 3.8) is 0 Å². The zero-order valence-corrected chi connectivity index (χ0v) is 16.8. The minimum absolute atomic E-state index is 0.0204. The summed E-state index contributed by atoms with van der Waals surface area (Å²) in [5.41, 5.74) is 1.20. The number of urea groups is 1. The Balaban J connectivity index is 1.48. The van der Waals surface area contributed by atoms with E-state index in [9.17, 15) is 14.4 Å². The van der Waals surface area contributed by atoms with Gasteiger partial charge < -0.3 is 15.2 Å². The minimum atomic E-state index is -0.403. The third kappa shape index (κ3) is 5.40. The number of carbonyl (C=O) groups is 3. The van der Waals surface area contributed by atoms with Gasteiger partial charge in [0.2, 0.25) is 17.7 Å². The topological polar surface area (TPSA) is 117 Å². The van der Waals surface area contributed by atoms with Gasteiger partial charge in [0.1, 0.15) is 0 Å². The highest BCUT2D eigenvalue weighted by Gasteiger charge is 2.28. The van der Waals surface area contributed by atoms with Crippen molar-refractivity contribution in [2.75, 3.05) is 11.9 Å². The third-order valence-electron chi connectivity index (χ3n) is 4.42.